The van der Waals surface area contributed by atoms with Gasteiger partial charge < -0.3 is 0 Å². The first kappa shape index (κ1) is 12.7. The molecule has 0 saturated carbocycles. The molecule has 1 aliphatic heterocycles. The number of hydrogen-bond donors (Lipinski definition) is 0. The number of thioether (sulfide) groups is 1. The molecule has 3 rings (SSSR count). The van der Waals surface area contributed by atoms with E-state index in [2.05, 4.69) is 53.3 Å². The lowest BCUT2D eigenvalue weighted by atomic mass is 10.0. The van der Waals surface area contributed by atoms with Gasteiger partial charge in [0, 0.05) is 35.9 Å². The topological polar surface area (TPSA) is 16.1 Å². The van der Waals surface area contributed by atoms with Gasteiger partial charge in [-0.25, -0.2) is 0 Å². The highest BCUT2D eigenvalue weighted by atomic mass is 32.2. The first-order chi connectivity index (χ1) is 9.33. The van der Waals surface area contributed by atoms with Crippen LogP contribution in [-0.2, 0) is 6.54 Å². The minimum atomic E-state index is 0.648. The van der Waals surface area contributed by atoms with Gasteiger partial charge in [-0.15, -0.1) is 11.8 Å². The molecule has 0 bridgehead atoms. The molecule has 0 spiro atoms. The van der Waals surface area contributed by atoms with Crippen LogP contribution in [0.1, 0.15) is 17.2 Å². The van der Waals surface area contributed by atoms with Crippen molar-refractivity contribution in [3.05, 3.63) is 59.9 Å². The Morgan fingerprint density at radius 1 is 1.21 bits per heavy atom. The Hall–Kier alpha value is -1.32. The highest BCUT2D eigenvalue weighted by Crippen LogP contribution is 2.39. The lowest BCUT2D eigenvalue weighted by Crippen LogP contribution is -2.24. The van der Waals surface area contributed by atoms with Crippen molar-refractivity contribution in [1.29, 1.82) is 0 Å². The maximum Gasteiger partial charge on any atom is 0.0543 e. The predicted molar refractivity (Wildman–Crippen MR) is 80.5 cm³/mol. The van der Waals surface area contributed by atoms with Crippen molar-refractivity contribution < 1.29 is 0 Å². The van der Waals surface area contributed by atoms with Gasteiger partial charge in [0.25, 0.3) is 0 Å². The number of rotatable bonds is 4. The molecule has 0 N–H and O–H groups in total. The fraction of sp³-hybridized carbons (Fsp3) is 0.312. The van der Waals surface area contributed by atoms with E-state index in [0.717, 1.165) is 18.8 Å². The van der Waals surface area contributed by atoms with Crippen LogP contribution < -0.4 is 0 Å². The number of hydrogen-bond acceptors (Lipinski definition) is 3. The van der Waals surface area contributed by atoms with Gasteiger partial charge >= 0.3 is 0 Å². The number of pyridine rings is 1. The lowest BCUT2D eigenvalue weighted by Gasteiger charge is -2.20. The molecule has 0 radical (unpaired) electrons. The number of aromatic nitrogens is 1. The van der Waals surface area contributed by atoms with Crippen LogP contribution in [0, 0.1) is 0 Å². The average Bonchev–Trinajstić information content (AvgIpc) is 2.83. The van der Waals surface area contributed by atoms with Crippen LogP contribution in [0.2, 0.25) is 0 Å². The summed E-state index contributed by atoms with van der Waals surface area (Å²) in [5.41, 5.74) is 2.66. The largest absolute Gasteiger partial charge is 0.300 e. The first-order valence-electron chi connectivity index (χ1n) is 6.63. The molecule has 2 aromatic rings. The normalized spacial score (nSPS) is 17.7. The van der Waals surface area contributed by atoms with Gasteiger partial charge in [-0.3, -0.25) is 9.88 Å². The smallest absolute Gasteiger partial charge is 0.0543 e. The molecule has 2 heterocycles. The zero-order valence-electron chi connectivity index (χ0n) is 11.1. The number of fused-ring (bicyclic) bond motifs is 1. The second-order valence-electron chi connectivity index (χ2n) is 5.06. The van der Waals surface area contributed by atoms with E-state index in [-0.39, 0.29) is 0 Å². The summed E-state index contributed by atoms with van der Waals surface area (Å²) in [4.78, 5) is 8.22. The van der Waals surface area contributed by atoms with Gasteiger partial charge in [0.1, 0.15) is 0 Å². The molecule has 0 fully saturated rings. The van der Waals surface area contributed by atoms with Crippen molar-refractivity contribution in [2.45, 2.75) is 17.4 Å². The monoisotopic (exact) mass is 270 g/mol. The number of benzene rings is 1. The maximum atomic E-state index is 4.39. The fourth-order valence-electron chi connectivity index (χ4n) is 2.59. The first-order valence-corrected chi connectivity index (χ1v) is 7.61. The van der Waals surface area contributed by atoms with E-state index in [1.165, 1.54) is 16.2 Å². The van der Waals surface area contributed by atoms with Crippen LogP contribution in [0.3, 0.4) is 0 Å². The van der Waals surface area contributed by atoms with Gasteiger partial charge in [-0.2, -0.15) is 0 Å². The lowest BCUT2D eigenvalue weighted by molar-refractivity contribution is 0.308. The zero-order valence-corrected chi connectivity index (χ0v) is 11.9. The van der Waals surface area contributed by atoms with E-state index >= 15 is 0 Å². The summed E-state index contributed by atoms with van der Waals surface area (Å²) in [6.45, 7) is 2.02. The Morgan fingerprint density at radius 3 is 2.89 bits per heavy atom. The van der Waals surface area contributed by atoms with Crippen LogP contribution in [0.4, 0.5) is 0 Å². The molecule has 3 heteroatoms. The van der Waals surface area contributed by atoms with Gasteiger partial charge in [-0.1, -0.05) is 24.3 Å². The molecule has 0 amide bonds. The maximum absolute atomic E-state index is 4.39. The van der Waals surface area contributed by atoms with Crippen molar-refractivity contribution in [2.75, 3.05) is 19.3 Å². The summed E-state index contributed by atoms with van der Waals surface area (Å²) in [5, 5.41) is 0. The molecular weight excluding hydrogens is 252 g/mol. The summed E-state index contributed by atoms with van der Waals surface area (Å²) in [6.07, 6.45) is 1.86. The fourth-order valence-corrected chi connectivity index (χ4v) is 3.83. The summed E-state index contributed by atoms with van der Waals surface area (Å²) in [7, 11) is 2.18. The molecule has 1 atom stereocenters. The summed E-state index contributed by atoms with van der Waals surface area (Å²) >= 11 is 1.98. The molecule has 98 valence electrons. The number of nitrogens with zero attached hydrogens (tertiary/aromatic N) is 2. The molecular formula is C16H18N2S. The molecule has 1 aromatic heterocycles. The summed E-state index contributed by atoms with van der Waals surface area (Å²) in [5.74, 6) is 1.85. The second-order valence-corrected chi connectivity index (χ2v) is 6.13. The Labute approximate surface area is 118 Å². The highest BCUT2D eigenvalue weighted by Gasteiger charge is 2.23. The second kappa shape index (κ2) is 5.76. The van der Waals surface area contributed by atoms with E-state index in [1.54, 1.807) is 0 Å². The van der Waals surface area contributed by atoms with E-state index in [0.29, 0.717) is 5.92 Å². The zero-order chi connectivity index (χ0) is 13.1. The van der Waals surface area contributed by atoms with E-state index in [1.807, 2.05) is 24.0 Å². The van der Waals surface area contributed by atoms with E-state index < -0.39 is 0 Å². The van der Waals surface area contributed by atoms with Gasteiger partial charge in [-0.05, 0) is 30.8 Å². The van der Waals surface area contributed by atoms with Gasteiger partial charge in [0.05, 0.1) is 5.69 Å². The van der Waals surface area contributed by atoms with E-state index in [9.17, 15) is 0 Å². The van der Waals surface area contributed by atoms with Crippen LogP contribution >= 0.6 is 11.8 Å². The van der Waals surface area contributed by atoms with Crippen LogP contribution in [0.25, 0.3) is 0 Å². The molecule has 0 aliphatic carbocycles. The summed E-state index contributed by atoms with van der Waals surface area (Å²) in [6, 6.07) is 14.9. The predicted octanol–water partition coefficient (Wildman–Crippen LogP) is 3.40. The molecule has 1 unspecified atom stereocenters. The van der Waals surface area contributed by atoms with Crippen LogP contribution in [-0.4, -0.2) is 29.2 Å². The van der Waals surface area contributed by atoms with E-state index in [4.69, 9.17) is 0 Å². The standard InChI is InChI=1S/C16H18N2S/c1-18(11-14-6-4-5-9-17-14)10-13-12-19-16-8-3-2-7-15(13)16/h2-9,13H,10-12H2,1H3. The van der Waals surface area contributed by atoms with Crippen LogP contribution in [0.5, 0.6) is 0 Å². The van der Waals surface area contributed by atoms with Gasteiger partial charge in [0.15, 0.2) is 0 Å². The molecule has 2 nitrogen and oxygen atoms in total. The average molecular weight is 270 g/mol. The number of likely N-dealkylation sites (N-methyl/N-ethyl adjacent to an activating group) is 1. The molecule has 1 aromatic carbocycles. The third-order valence-electron chi connectivity index (χ3n) is 3.49. The van der Waals surface area contributed by atoms with Crippen molar-refractivity contribution in [3.63, 3.8) is 0 Å². The minimum Gasteiger partial charge on any atom is -0.300 e. The Morgan fingerprint density at radius 2 is 2.05 bits per heavy atom. The Balaban J connectivity index is 1.63. The SMILES string of the molecule is CN(Cc1ccccn1)CC1CSc2ccccc21. The van der Waals surface area contributed by atoms with Crippen molar-refractivity contribution in [2.24, 2.45) is 0 Å². The van der Waals surface area contributed by atoms with Crippen molar-refractivity contribution in [1.82, 2.24) is 9.88 Å². The Bertz CT molecular complexity index is 541. The molecule has 19 heavy (non-hydrogen) atoms. The molecule has 0 saturated heterocycles. The van der Waals surface area contributed by atoms with Crippen molar-refractivity contribution >= 4 is 11.8 Å². The molecule has 1 aliphatic rings. The van der Waals surface area contributed by atoms with Crippen LogP contribution in [0.15, 0.2) is 53.6 Å². The summed E-state index contributed by atoms with van der Waals surface area (Å²) < 4.78 is 0. The third-order valence-corrected chi connectivity index (χ3v) is 4.74. The third kappa shape index (κ3) is 2.99. The van der Waals surface area contributed by atoms with Crippen molar-refractivity contribution in [3.8, 4) is 0 Å². The minimum absolute atomic E-state index is 0.648. The quantitative estimate of drug-likeness (QED) is 0.847. The Kier molecular flexibility index (Phi) is 3.85. The van der Waals surface area contributed by atoms with Gasteiger partial charge in [0.2, 0.25) is 0 Å². The highest BCUT2D eigenvalue weighted by molar-refractivity contribution is 7.99.